The number of rotatable bonds is 8. The van der Waals surface area contributed by atoms with Gasteiger partial charge in [-0.1, -0.05) is 26.7 Å². The summed E-state index contributed by atoms with van der Waals surface area (Å²) < 4.78 is 0. The highest BCUT2D eigenvalue weighted by Crippen LogP contribution is 2.23. The minimum atomic E-state index is -1.08. The number of hydrogen-bond donors (Lipinski definition) is 3. The predicted octanol–water partition coefficient (Wildman–Crippen LogP) is 1.30. The Bertz CT molecular complexity index is 259. The lowest BCUT2D eigenvalue weighted by atomic mass is 9.89. The fourth-order valence-electron chi connectivity index (χ4n) is 1.89. The molecule has 0 radical (unpaired) electrons. The van der Waals surface area contributed by atoms with E-state index in [-0.39, 0.29) is 6.42 Å². The van der Waals surface area contributed by atoms with Gasteiger partial charge in [-0.25, -0.2) is 0 Å². The summed E-state index contributed by atoms with van der Waals surface area (Å²) in [6, 6.07) is -0.921. The molecule has 1 atom stereocenters. The molecule has 1 amide bonds. The molecule has 0 bridgehead atoms. The fourth-order valence-corrected chi connectivity index (χ4v) is 1.89. The Hall–Kier alpha value is -1.10. The van der Waals surface area contributed by atoms with Crippen LogP contribution in [0.2, 0.25) is 0 Å². The van der Waals surface area contributed by atoms with Crippen LogP contribution in [0.4, 0.5) is 0 Å². The standard InChI is InChI=1S/C12H23NO4/c1-4-6-12(17,7-5-2)8-10(14)13-9(3)11(15)16/h9,17H,4-8H2,1-3H3,(H,13,14)(H,15,16)/t9-/m0/s1. The second kappa shape index (κ2) is 7.27. The summed E-state index contributed by atoms with van der Waals surface area (Å²) in [6.07, 6.45) is 2.65. The molecule has 0 fully saturated rings. The molecular weight excluding hydrogens is 222 g/mol. The third kappa shape index (κ3) is 6.26. The van der Waals surface area contributed by atoms with Gasteiger partial charge in [-0.15, -0.1) is 0 Å². The van der Waals surface area contributed by atoms with E-state index in [9.17, 15) is 14.7 Å². The van der Waals surface area contributed by atoms with Gasteiger partial charge in [-0.2, -0.15) is 0 Å². The Morgan fingerprint density at radius 2 is 1.71 bits per heavy atom. The van der Waals surface area contributed by atoms with Gasteiger partial charge in [0.2, 0.25) is 5.91 Å². The minimum Gasteiger partial charge on any atom is -0.480 e. The van der Waals surface area contributed by atoms with Gasteiger partial charge in [0, 0.05) is 0 Å². The number of amides is 1. The number of nitrogens with one attached hydrogen (secondary N) is 1. The molecule has 0 aromatic heterocycles. The number of carboxylic acid groups (broad SMARTS) is 1. The maximum absolute atomic E-state index is 11.6. The Morgan fingerprint density at radius 1 is 1.24 bits per heavy atom. The molecule has 0 unspecified atom stereocenters. The third-order valence-corrected chi connectivity index (χ3v) is 2.67. The zero-order valence-corrected chi connectivity index (χ0v) is 10.8. The molecule has 100 valence electrons. The number of carbonyl (C=O) groups excluding carboxylic acids is 1. The largest absolute Gasteiger partial charge is 0.480 e. The smallest absolute Gasteiger partial charge is 0.325 e. The molecular formula is C12H23NO4. The van der Waals surface area contributed by atoms with Gasteiger partial charge >= 0.3 is 5.97 Å². The first kappa shape index (κ1) is 15.9. The Morgan fingerprint density at radius 3 is 2.06 bits per heavy atom. The van der Waals surface area contributed by atoms with E-state index in [1.54, 1.807) is 0 Å². The molecule has 0 heterocycles. The van der Waals surface area contributed by atoms with E-state index in [1.165, 1.54) is 6.92 Å². The molecule has 3 N–H and O–H groups in total. The minimum absolute atomic E-state index is 0.0354. The van der Waals surface area contributed by atoms with E-state index in [0.29, 0.717) is 12.8 Å². The summed E-state index contributed by atoms with van der Waals surface area (Å²) in [4.78, 5) is 22.2. The molecule has 0 aliphatic rings. The monoisotopic (exact) mass is 245 g/mol. The van der Waals surface area contributed by atoms with Gasteiger partial charge in [0.25, 0.3) is 0 Å². The van der Waals surface area contributed by atoms with E-state index in [2.05, 4.69) is 5.32 Å². The zero-order chi connectivity index (χ0) is 13.5. The van der Waals surface area contributed by atoms with Crippen LogP contribution in [0, 0.1) is 0 Å². The SMILES string of the molecule is CCCC(O)(CCC)CC(=O)N[C@@H](C)C(=O)O. The van der Waals surface area contributed by atoms with Crippen LogP contribution in [0.25, 0.3) is 0 Å². The molecule has 0 aliphatic carbocycles. The van der Waals surface area contributed by atoms with Crippen LogP contribution in [-0.4, -0.2) is 33.7 Å². The first-order valence-corrected chi connectivity index (χ1v) is 6.09. The van der Waals surface area contributed by atoms with Gasteiger partial charge in [0.1, 0.15) is 6.04 Å². The quantitative estimate of drug-likeness (QED) is 0.601. The van der Waals surface area contributed by atoms with Crippen molar-refractivity contribution in [1.82, 2.24) is 5.32 Å². The van der Waals surface area contributed by atoms with Crippen molar-refractivity contribution < 1.29 is 19.8 Å². The van der Waals surface area contributed by atoms with E-state index >= 15 is 0 Å². The predicted molar refractivity (Wildman–Crippen MR) is 64.6 cm³/mol. The van der Waals surface area contributed by atoms with Crippen LogP contribution in [0.1, 0.15) is 52.9 Å². The van der Waals surface area contributed by atoms with Gasteiger partial charge < -0.3 is 15.5 Å². The molecule has 0 rings (SSSR count). The van der Waals surface area contributed by atoms with Crippen LogP contribution in [0.5, 0.6) is 0 Å². The van der Waals surface area contributed by atoms with Crippen molar-refractivity contribution in [2.75, 3.05) is 0 Å². The molecule has 0 saturated carbocycles. The van der Waals surface area contributed by atoms with Crippen LogP contribution in [0.15, 0.2) is 0 Å². The second-order valence-electron chi connectivity index (χ2n) is 4.53. The average molecular weight is 245 g/mol. The molecule has 0 aliphatic heterocycles. The number of aliphatic hydroxyl groups is 1. The molecule has 0 spiro atoms. The van der Waals surface area contributed by atoms with E-state index in [0.717, 1.165) is 12.8 Å². The summed E-state index contributed by atoms with van der Waals surface area (Å²) in [6.45, 7) is 5.29. The molecule has 0 saturated heterocycles. The number of carbonyl (C=O) groups is 2. The van der Waals surface area contributed by atoms with Crippen LogP contribution in [-0.2, 0) is 9.59 Å². The topological polar surface area (TPSA) is 86.6 Å². The van der Waals surface area contributed by atoms with Crippen molar-refractivity contribution in [3.63, 3.8) is 0 Å². The second-order valence-corrected chi connectivity index (χ2v) is 4.53. The van der Waals surface area contributed by atoms with Crippen molar-refractivity contribution >= 4 is 11.9 Å². The summed E-state index contributed by atoms with van der Waals surface area (Å²) in [7, 11) is 0. The van der Waals surface area contributed by atoms with Gasteiger partial charge in [-0.3, -0.25) is 9.59 Å². The summed E-state index contributed by atoms with van der Waals surface area (Å²) in [5, 5.41) is 21.2. The van der Waals surface area contributed by atoms with Gasteiger partial charge in [0.05, 0.1) is 12.0 Å². The van der Waals surface area contributed by atoms with Crippen molar-refractivity contribution in [1.29, 1.82) is 0 Å². The van der Waals surface area contributed by atoms with E-state index < -0.39 is 23.5 Å². The van der Waals surface area contributed by atoms with Crippen LogP contribution < -0.4 is 5.32 Å². The summed E-state index contributed by atoms with van der Waals surface area (Å²) in [5.41, 5.74) is -1.01. The third-order valence-electron chi connectivity index (χ3n) is 2.67. The number of aliphatic carboxylic acids is 1. The van der Waals surface area contributed by atoms with Gasteiger partial charge in [-0.05, 0) is 19.8 Å². The Labute approximate surface area is 102 Å². The van der Waals surface area contributed by atoms with Crippen LogP contribution >= 0.6 is 0 Å². The van der Waals surface area contributed by atoms with Crippen molar-refractivity contribution in [3.8, 4) is 0 Å². The lowest BCUT2D eigenvalue weighted by molar-refractivity contribution is -0.142. The Balaban J connectivity index is 4.35. The highest BCUT2D eigenvalue weighted by atomic mass is 16.4. The fraction of sp³-hybridized carbons (Fsp3) is 0.833. The maximum Gasteiger partial charge on any atom is 0.325 e. The summed E-state index contributed by atoms with van der Waals surface area (Å²) >= 11 is 0. The number of carboxylic acids is 1. The molecule has 0 aromatic rings. The molecule has 0 aromatic carbocycles. The highest BCUT2D eigenvalue weighted by Gasteiger charge is 2.29. The lowest BCUT2D eigenvalue weighted by Crippen LogP contribution is -2.43. The van der Waals surface area contributed by atoms with Crippen molar-refractivity contribution in [2.24, 2.45) is 0 Å². The summed E-state index contributed by atoms with van der Waals surface area (Å²) in [5.74, 6) is -1.49. The van der Waals surface area contributed by atoms with Crippen LogP contribution in [0.3, 0.4) is 0 Å². The van der Waals surface area contributed by atoms with Gasteiger partial charge in [0.15, 0.2) is 0 Å². The zero-order valence-electron chi connectivity index (χ0n) is 10.8. The Kier molecular flexibility index (Phi) is 6.80. The molecule has 17 heavy (non-hydrogen) atoms. The van der Waals surface area contributed by atoms with Crippen molar-refractivity contribution in [3.05, 3.63) is 0 Å². The first-order chi connectivity index (χ1) is 7.84. The molecule has 5 nitrogen and oxygen atoms in total. The average Bonchev–Trinajstić information content (AvgIpc) is 2.16. The normalized spacial score (nSPS) is 13.2. The van der Waals surface area contributed by atoms with E-state index in [4.69, 9.17) is 5.11 Å². The maximum atomic E-state index is 11.6. The highest BCUT2D eigenvalue weighted by molar-refractivity contribution is 5.83. The van der Waals surface area contributed by atoms with Crippen molar-refractivity contribution in [2.45, 2.75) is 64.5 Å². The molecule has 5 heteroatoms. The van der Waals surface area contributed by atoms with E-state index in [1.807, 2.05) is 13.8 Å². The lowest BCUT2D eigenvalue weighted by Gasteiger charge is -2.27. The number of hydrogen-bond acceptors (Lipinski definition) is 3. The first-order valence-electron chi connectivity index (χ1n) is 6.09.